The van der Waals surface area contributed by atoms with Crippen LogP contribution in [0.2, 0.25) is 6.25 Å². The van der Waals surface area contributed by atoms with E-state index in [0.29, 0.717) is 6.25 Å². The van der Waals surface area contributed by atoms with Crippen LogP contribution in [0.1, 0.15) is 53.4 Å². The van der Waals surface area contributed by atoms with Gasteiger partial charge in [0.2, 0.25) is 0 Å². The van der Waals surface area contributed by atoms with E-state index in [1.54, 1.807) is 11.1 Å². The monoisotopic (exact) mass is 630 g/mol. The molecule has 6 nitrogen and oxygen atoms in total. The second kappa shape index (κ2) is 12.7. The summed E-state index contributed by atoms with van der Waals surface area (Å²) in [5.41, 5.74) is -8.16. The Morgan fingerprint density at radius 3 is 1.20 bits per heavy atom. The standard InChI is InChI=1S/2C9H13.2CHF3O3S.Zr/c2*1-3-4-9-6-5-8(2)7-9;2*2-1(3,4)8(5,6)7;/h2*5-7H,3-4H2,1-2H3;2*(H,5,6,7);/q;;;;+2/p-2. The molecule has 0 aromatic heterocycles. The Balaban J connectivity index is 0.000000601. The average Bonchev–Trinajstić information content (AvgIpc) is 3.16. The molecule has 200 valence electrons. The molecule has 0 radical (unpaired) electrons. The van der Waals surface area contributed by atoms with Gasteiger partial charge in [0.1, 0.15) is 0 Å². The Morgan fingerprint density at radius 2 is 1.00 bits per heavy atom. The largest absolute Gasteiger partial charge is 0.741 e. The second-order valence-electron chi connectivity index (χ2n) is 8.10. The summed E-state index contributed by atoms with van der Waals surface area (Å²) in [6, 6.07) is 0. The molecular formula is C20H26F6O6S2Zr. The third-order valence-corrected chi connectivity index (χ3v) is 9.75. The third-order valence-electron chi connectivity index (χ3n) is 4.44. The Bertz CT molecular complexity index is 975. The van der Waals surface area contributed by atoms with Crippen LogP contribution in [-0.4, -0.2) is 37.0 Å². The van der Waals surface area contributed by atoms with E-state index in [2.05, 4.69) is 64.2 Å². The molecule has 15 heteroatoms. The molecule has 0 fully saturated rings. The topological polar surface area (TPSA) is 114 Å². The number of halogens is 6. The molecule has 0 bridgehead atoms. The molecule has 2 rings (SSSR count). The molecule has 0 aromatic carbocycles. The maximum Gasteiger partial charge on any atom is 0.485 e. The van der Waals surface area contributed by atoms with E-state index < -0.39 is 54.5 Å². The van der Waals surface area contributed by atoms with Crippen LogP contribution in [0.5, 0.6) is 0 Å². The second-order valence-corrected chi connectivity index (χ2v) is 16.7. The number of rotatable bonds is 6. The van der Waals surface area contributed by atoms with Gasteiger partial charge in [-0.3, -0.25) is 0 Å². The molecule has 0 aromatic rings. The summed E-state index contributed by atoms with van der Waals surface area (Å²) in [5.74, 6) is 0. The van der Waals surface area contributed by atoms with Gasteiger partial charge in [-0.15, -0.1) is 0 Å². The van der Waals surface area contributed by atoms with Crippen LogP contribution in [-0.2, 0) is 43.5 Å². The van der Waals surface area contributed by atoms with Crippen molar-refractivity contribution in [1.29, 1.82) is 0 Å². The van der Waals surface area contributed by atoms with Gasteiger partial charge in [-0.25, -0.2) is 16.8 Å². The average molecular weight is 632 g/mol. The first-order valence-electron chi connectivity index (χ1n) is 10.1. The van der Waals surface area contributed by atoms with E-state index in [0.717, 1.165) is 0 Å². The molecule has 2 unspecified atom stereocenters. The zero-order valence-electron chi connectivity index (χ0n) is 19.3. The van der Waals surface area contributed by atoms with Crippen molar-refractivity contribution in [3.63, 3.8) is 0 Å². The summed E-state index contributed by atoms with van der Waals surface area (Å²) in [5, 5.41) is 0. The molecule has 0 amide bonds. The molecule has 0 aliphatic heterocycles. The molecule has 0 saturated carbocycles. The van der Waals surface area contributed by atoms with Crippen molar-refractivity contribution in [3.8, 4) is 0 Å². The Morgan fingerprint density at radius 1 is 0.743 bits per heavy atom. The number of alkyl halides is 6. The van der Waals surface area contributed by atoms with Crippen LogP contribution in [0.15, 0.2) is 47.6 Å². The van der Waals surface area contributed by atoms with Crippen LogP contribution >= 0.6 is 0 Å². The SMILES string of the molecule is CCCC1=C[C](C)([Zr+2][C]2(C)C=CC(CCC)=C2)C=C1.O=S(=O)([O-])C(F)(F)F.O=S(=O)([O-])C(F)(F)F. The minimum absolute atomic E-state index is 0.408. The molecule has 0 saturated heterocycles. The van der Waals surface area contributed by atoms with Gasteiger partial charge in [0.15, 0.2) is 20.2 Å². The summed E-state index contributed by atoms with van der Waals surface area (Å²) >= 11 is -0.575. The van der Waals surface area contributed by atoms with Crippen molar-refractivity contribution < 1.29 is 75.5 Å². The van der Waals surface area contributed by atoms with E-state index in [1.807, 2.05) is 0 Å². The van der Waals surface area contributed by atoms with Gasteiger partial charge in [0.05, 0.1) is 0 Å². The van der Waals surface area contributed by atoms with E-state index in [9.17, 15) is 26.3 Å². The van der Waals surface area contributed by atoms with Gasteiger partial charge in [0, 0.05) is 0 Å². The summed E-state index contributed by atoms with van der Waals surface area (Å²) in [6.45, 7) is 9.43. The molecule has 2 aliphatic rings. The molecule has 35 heavy (non-hydrogen) atoms. The van der Waals surface area contributed by atoms with Crippen LogP contribution in [0, 0.1) is 0 Å². The maximum absolute atomic E-state index is 10.7. The smallest absolute Gasteiger partial charge is 0.485 e. The van der Waals surface area contributed by atoms with Crippen molar-refractivity contribution in [1.82, 2.24) is 0 Å². The van der Waals surface area contributed by atoms with Crippen LogP contribution in [0.3, 0.4) is 0 Å². The summed E-state index contributed by atoms with van der Waals surface area (Å²) in [7, 11) is -12.2. The van der Waals surface area contributed by atoms with Gasteiger partial charge >= 0.3 is 141 Å². The fourth-order valence-electron chi connectivity index (χ4n) is 3.15. The van der Waals surface area contributed by atoms with Gasteiger partial charge in [-0.2, -0.15) is 26.3 Å². The Hall–Kier alpha value is -0.757. The van der Waals surface area contributed by atoms with Crippen molar-refractivity contribution >= 4 is 20.2 Å². The molecule has 0 N–H and O–H groups in total. The third kappa shape index (κ3) is 12.4. The van der Waals surface area contributed by atoms with E-state index in [1.165, 1.54) is 25.7 Å². The first kappa shape index (κ1) is 34.2. The maximum atomic E-state index is 10.7. The number of allylic oxidation sites excluding steroid dienone is 8. The fraction of sp³-hybridized carbons (Fsp3) is 0.600. The number of hydrogen-bond acceptors (Lipinski definition) is 6. The van der Waals surface area contributed by atoms with Gasteiger partial charge in [-0.05, 0) is 0 Å². The summed E-state index contributed by atoms with van der Waals surface area (Å²) < 4.78 is 119. The first-order valence-corrected chi connectivity index (χ1v) is 15.4. The molecular weight excluding hydrogens is 606 g/mol. The quantitative estimate of drug-likeness (QED) is 0.198. The van der Waals surface area contributed by atoms with Crippen LogP contribution in [0.4, 0.5) is 26.3 Å². The predicted octanol–water partition coefficient (Wildman–Crippen LogP) is 6.12. The van der Waals surface area contributed by atoms with E-state index in [-0.39, 0.29) is 0 Å². The van der Waals surface area contributed by atoms with Crippen molar-refractivity contribution in [2.45, 2.75) is 70.6 Å². The zero-order chi connectivity index (χ0) is 27.9. The molecule has 2 aliphatic carbocycles. The summed E-state index contributed by atoms with van der Waals surface area (Å²) in [4.78, 5) is 0. The summed E-state index contributed by atoms with van der Waals surface area (Å²) in [6.07, 6.45) is 19.9. The van der Waals surface area contributed by atoms with Crippen molar-refractivity contribution in [2.24, 2.45) is 0 Å². The van der Waals surface area contributed by atoms with Crippen molar-refractivity contribution in [2.75, 3.05) is 0 Å². The minimum atomic E-state index is -6.09. The van der Waals surface area contributed by atoms with Crippen molar-refractivity contribution in [3.05, 3.63) is 47.6 Å². The fourth-order valence-corrected chi connectivity index (χ4v) is 8.09. The molecule has 0 heterocycles. The Labute approximate surface area is 213 Å². The minimum Gasteiger partial charge on any atom is -0.741 e. The molecule has 0 spiro atoms. The zero-order valence-corrected chi connectivity index (χ0v) is 23.4. The van der Waals surface area contributed by atoms with E-state index >= 15 is 0 Å². The number of hydrogen-bond donors (Lipinski definition) is 0. The van der Waals surface area contributed by atoms with Crippen LogP contribution in [0.25, 0.3) is 0 Å². The van der Waals surface area contributed by atoms with Gasteiger partial charge < -0.3 is 9.11 Å². The van der Waals surface area contributed by atoms with Gasteiger partial charge in [0.25, 0.3) is 0 Å². The van der Waals surface area contributed by atoms with Gasteiger partial charge in [-0.1, -0.05) is 0 Å². The Kier molecular flexibility index (Phi) is 12.4. The molecule has 2 atom stereocenters. The predicted molar refractivity (Wildman–Crippen MR) is 113 cm³/mol. The van der Waals surface area contributed by atoms with E-state index in [4.69, 9.17) is 25.9 Å². The first-order chi connectivity index (χ1) is 15.5. The normalized spacial score (nSPS) is 24.0. The van der Waals surface area contributed by atoms with Crippen LogP contribution < -0.4 is 0 Å².